The van der Waals surface area contributed by atoms with Crippen LogP contribution in [0.5, 0.6) is 0 Å². The zero-order chi connectivity index (χ0) is 13.7. The van der Waals surface area contributed by atoms with Crippen molar-refractivity contribution in [3.05, 3.63) is 42.1 Å². The van der Waals surface area contributed by atoms with E-state index in [1.54, 1.807) is 0 Å². The summed E-state index contributed by atoms with van der Waals surface area (Å²) in [5, 5.41) is 1.29. The lowest BCUT2D eigenvalue weighted by Crippen LogP contribution is -2.32. The van der Waals surface area contributed by atoms with Crippen molar-refractivity contribution in [2.24, 2.45) is 5.41 Å². The van der Waals surface area contributed by atoms with Gasteiger partial charge in [-0.3, -0.25) is 0 Å². The van der Waals surface area contributed by atoms with E-state index in [2.05, 4.69) is 47.7 Å². The summed E-state index contributed by atoms with van der Waals surface area (Å²) in [6.45, 7) is 8.82. The second-order valence-electron chi connectivity index (χ2n) is 6.71. The van der Waals surface area contributed by atoms with Crippen molar-refractivity contribution in [2.45, 2.75) is 32.6 Å². The largest absolute Gasteiger partial charge is 0.370 e. The van der Waals surface area contributed by atoms with Gasteiger partial charge in [-0.15, -0.1) is 0 Å². The van der Waals surface area contributed by atoms with Crippen LogP contribution in [0.3, 0.4) is 0 Å². The number of aromatic amines is 1. The normalized spacial score (nSPS) is 20.6. The molecule has 0 atom stereocenters. The number of aryl methyl sites for hydroxylation is 1. The first-order valence-corrected chi connectivity index (χ1v) is 7.69. The molecular formula is C18H22N2. The number of likely N-dealkylation sites (tertiary alicyclic amines) is 1. The molecule has 0 bridgehead atoms. The highest BCUT2D eigenvalue weighted by Crippen LogP contribution is 2.54. The summed E-state index contributed by atoms with van der Waals surface area (Å²) in [4.78, 5) is 5.97. The highest BCUT2D eigenvalue weighted by atomic mass is 15.2. The number of fused-ring (bicyclic) bond motifs is 1. The molecule has 20 heavy (non-hydrogen) atoms. The Labute approximate surface area is 120 Å². The molecule has 1 spiro atoms. The second-order valence-corrected chi connectivity index (χ2v) is 6.71. The highest BCUT2D eigenvalue weighted by Gasteiger charge is 2.44. The van der Waals surface area contributed by atoms with E-state index in [4.69, 9.17) is 0 Å². The molecule has 2 aliphatic rings. The number of aromatic nitrogens is 1. The zero-order valence-electron chi connectivity index (χ0n) is 12.2. The molecule has 1 aromatic carbocycles. The minimum atomic E-state index is 0.730. The van der Waals surface area contributed by atoms with Crippen molar-refractivity contribution >= 4 is 16.6 Å². The van der Waals surface area contributed by atoms with Crippen LogP contribution in [0.4, 0.5) is 0 Å². The molecule has 2 heteroatoms. The number of nitrogens with zero attached hydrogens (tertiary/aromatic N) is 1. The minimum absolute atomic E-state index is 0.730. The molecule has 1 aliphatic heterocycles. The van der Waals surface area contributed by atoms with Gasteiger partial charge >= 0.3 is 0 Å². The van der Waals surface area contributed by atoms with Gasteiger partial charge in [0.05, 0.1) is 11.4 Å². The number of hydrogen-bond acceptors (Lipinski definition) is 1. The monoisotopic (exact) mass is 266 g/mol. The van der Waals surface area contributed by atoms with Gasteiger partial charge in [0.1, 0.15) is 0 Å². The summed E-state index contributed by atoms with van der Waals surface area (Å²) in [6, 6.07) is 8.80. The Bertz CT molecular complexity index is 666. The summed E-state index contributed by atoms with van der Waals surface area (Å²) in [6.07, 6.45) is 5.62. The second kappa shape index (κ2) is 4.15. The average molecular weight is 266 g/mol. The first-order valence-electron chi connectivity index (χ1n) is 7.69. The van der Waals surface area contributed by atoms with E-state index >= 15 is 0 Å². The molecule has 2 fully saturated rings. The quantitative estimate of drug-likeness (QED) is 0.857. The first kappa shape index (κ1) is 12.1. The van der Waals surface area contributed by atoms with Crippen molar-refractivity contribution < 1.29 is 0 Å². The van der Waals surface area contributed by atoms with E-state index in [1.807, 2.05) is 0 Å². The molecule has 0 unspecified atom stereocenters. The summed E-state index contributed by atoms with van der Waals surface area (Å²) in [7, 11) is 0. The molecule has 4 rings (SSSR count). The van der Waals surface area contributed by atoms with Crippen LogP contribution < -0.4 is 0 Å². The fourth-order valence-corrected chi connectivity index (χ4v) is 3.51. The highest BCUT2D eigenvalue weighted by molar-refractivity contribution is 5.84. The molecule has 1 N–H and O–H groups in total. The number of piperidine rings is 1. The maximum Gasteiger partial charge on any atom is 0.0622 e. The predicted molar refractivity (Wildman–Crippen MR) is 84.5 cm³/mol. The van der Waals surface area contributed by atoms with E-state index in [0.29, 0.717) is 0 Å². The van der Waals surface area contributed by atoms with Crippen LogP contribution in [-0.4, -0.2) is 23.0 Å². The number of rotatable bonds is 2. The van der Waals surface area contributed by atoms with Crippen LogP contribution >= 0.6 is 0 Å². The maximum atomic E-state index is 4.33. The van der Waals surface area contributed by atoms with Crippen LogP contribution in [0.1, 0.15) is 36.9 Å². The Kier molecular flexibility index (Phi) is 2.50. The van der Waals surface area contributed by atoms with Crippen molar-refractivity contribution in [3.63, 3.8) is 0 Å². The Morgan fingerprint density at radius 3 is 2.60 bits per heavy atom. The van der Waals surface area contributed by atoms with Crippen molar-refractivity contribution in [3.8, 4) is 0 Å². The van der Waals surface area contributed by atoms with E-state index in [9.17, 15) is 0 Å². The summed E-state index contributed by atoms with van der Waals surface area (Å²) in [5.41, 5.74) is 5.59. The molecule has 0 radical (unpaired) electrons. The molecule has 1 aliphatic carbocycles. The minimum Gasteiger partial charge on any atom is -0.370 e. The summed E-state index contributed by atoms with van der Waals surface area (Å²) < 4.78 is 0. The standard InChI is InChI=1S/C18H22N2/c1-13-3-4-16-15(11-13)12-17(19-16)14(2)20-9-7-18(5-6-18)8-10-20/h3-4,11-12,19H,2,5-10H2,1H3. The molecule has 2 aromatic rings. The van der Waals surface area contributed by atoms with E-state index in [-0.39, 0.29) is 0 Å². The molecule has 1 aromatic heterocycles. The van der Waals surface area contributed by atoms with Crippen LogP contribution in [-0.2, 0) is 0 Å². The lowest BCUT2D eigenvalue weighted by molar-refractivity contribution is 0.239. The average Bonchev–Trinajstić information content (AvgIpc) is 3.07. The number of H-pyrrole nitrogens is 1. The Balaban J connectivity index is 1.57. The van der Waals surface area contributed by atoms with Crippen molar-refractivity contribution in [2.75, 3.05) is 13.1 Å². The summed E-state index contributed by atoms with van der Waals surface area (Å²) >= 11 is 0. The van der Waals surface area contributed by atoms with Crippen molar-refractivity contribution in [1.29, 1.82) is 0 Å². The van der Waals surface area contributed by atoms with Gasteiger partial charge in [-0.25, -0.2) is 0 Å². The Hall–Kier alpha value is -1.70. The zero-order valence-corrected chi connectivity index (χ0v) is 12.2. The van der Waals surface area contributed by atoms with Crippen molar-refractivity contribution in [1.82, 2.24) is 9.88 Å². The third kappa shape index (κ3) is 1.94. The number of hydrogen-bond donors (Lipinski definition) is 1. The number of nitrogens with one attached hydrogen (secondary N) is 1. The van der Waals surface area contributed by atoms with Gasteiger partial charge in [0.15, 0.2) is 0 Å². The smallest absolute Gasteiger partial charge is 0.0622 e. The lowest BCUT2D eigenvalue weighted by atomic mass is 9.93. The fourth-order valence-electron chi connectivity index (χ4n) is 3.51. The molecule has 1 saturated carbocycles. The SMILES string of the molecule is C=C(c1cc2cc(C)ccc2[nH]1)N1CCC2(CC1)CC2. The number of benzene rings is 1. The Morgan fingerprint density at radius 1 is 1.15 bits per heavy atom. The van der Waals surface area contributed by atoms with E-state index in [1.165, 1.54) is 60.9 Å². The fraction of sp³-hybridized carbons (Fsp3) is 0.444. The van der Waals surface area contributed by atoms with Gasteiger partial charge in [-0.1, -0.05) is 18.2 Å². The van der Waals surface area contributed by atoms with Gasteiger partial charge in [0.2, 0.25) is 0 Å². The Morgan fingerprint density at radius 2 is 1.90 bits per heavy atom. The molecule has 2 heterocycles. The molecular weight excluding hydrogens is 244 g/mol. The van der Waals surface area contributed by atoms with E-state index in [0.717, 1.165) is 11.1 Å². The maximum absolute atomic E-state index is 4.33. The summed E-state index contributed by atoms with van der Waals surface area (Å²) in [5.74, 6) is 0. The topological polar surface area (TPSA) is 19.0 Å². The lowest BCUT2D eigenvalue weighted by Gasteiger charge is -2.34. The van der Waals surface area contributed by atoms with Crippen LogP contribution in [0.2, 0.25) is 0 Å². The van der Waals surface area contributed by atoms with Gasteiger partial charge < -0.3 is 9.88 Å². The van der Waals surface area contributed by atoms with Crippen LogP contribution in [0, 0.1) is 12.3 Å². The van der Waals surface area contributed by atoms with Gasteiger partial charge in [0.25, 0.3) is 0 Å². The van der Waals surface area contributed by atoms with E-state index < -0.39 is 0 Å². The van der Waals surface area contributed by atoms with Gasteiger partial charge in [-0.05, 0) is 56.2 Å². The molecule has 2 nitrogen and oxygen atoms in total. The van der Waals surface area contributed by atoms with Crippen LogP contribution in [0.15, 0.2) is 30.8 Å². The molecule has 104 valence electrons. The predicted octanol–water partition coefficient (Wildman–Crippen LogP) is 4.32. The van der Waals surface area contributed by atoms with Crippen LogP contribution in [0.25, 0.3) is 16.6 Å². The molecule has 0 amide bonds. The first-order chi connectivity index (χ1) is 9.65. The molecule has 1 saturated heterocycles. The van der Waals surface area contributed by atoms with Gasteiger partial charge in [0, 0.05) is 24.0 Å². The third-order valence-corrected chi connectivity index (χ3v) is 5.25. The third-order valence-electron chi connectivity index (χ3n) is 5.25. The van der Waals surface area contributed by atoms with Gasteiger partial charge in [-0.2, -0.15) is 0 Å².